The van der Waals surface area contributed by atoms with Crippen molar-refractivity contribution in [1.29, 1.82) is 0 Å². The molecule has 1 heterocycles. The highest BCUT2D eigenvalue weighted by molar-refractivity contribution is 7.92. The Labute approximate surface area is 198 Å². The van der Waals surface area contributed by atoms with Gasteiger partial charge in [0.15, 0.2) is 11.5 Å². The summed E-state index contributed by atoms with van der Waals surface area (Å²) in [6.07, 6.45) is 2.37. The highest BCUT2D eigenvalue weighted by Crippen LogP contribution is 2.30. The van der Waals surface area contributed by atoms with Crippen molar-refractivity contribution in [2.24, 2.45) is 5.92 Å². The van der Waals surface area contributed by atoms with Crippen molar-refractivity contribution in [2.75, 3.05) is 27.2 Å². The number of alkyl halides is 2. The van der Waals surface area contributed by atoms with Crippen molar-refractivity contribution in [3.8, 4) is 11.5 Å². The van der Waals surface area contributed by atoms with Gasteiger partial charge in [0.05, 0.1) is 7.11 Å². The Kier molecular flexibility index (Phi) is 8.62. The number of benzene rings is 2. The van der Waals surface area contributed by atoms with Crippen LogP contribution < -0.4 is 9.47 Å². The summed E-state index contributed by atoms with van der Waals surface area (Å²) in [6, 6.07) is 13.8. The second-order valence-electron chi connectivity index (χ2n) is 7.99. The molecule has 1 aliphatic rings. The van der Waals surface area contributed by atoms with Crippen molar-refractivity contribution in [3.05, 3.63) is 65.1 Å². The van der Waals surface area contributed by atoms with Gasteiger partial charge in [0.25, 0.3) is 0 Å². The van der Waals surface area contributed by atoms with E-state index in [2.05, 4.69) is 4.74 Å². The summed E-state index contributed by atoms with van der Waals surface area (Å²) in [5, 5.41) is 1.19. The first-order valence-corrected chi connectivity index (χ1v) is 12.3. The van der Waals surface area contributed by atoms with Crippen LogP contribution in [0.1, 0.15) is 24.0 Å². The molecule has 0 aliphatic carbocycles. The largest absolute Gasteiger partial charge is 0.493 e. The lowest BCUT2D eigenvalue weighted by atomic mass is 9.96. The number of sulfonamides is 1. The Morgan fingerprint density at radius 2 is 1.82 bits per heavy atom. The molecule has 184 valence electrons. The van der Waals surface area contributed by atoms with Gasteiger partial charge in [-0.3, -0.25) is 4.79 Å². The Morgan fingerprint density at radius 3 is 2.44 bits per heavy atom. The number of ether oxygens (including phenoxy) is 2. The molecular weight excluding hydrogens is 466 g/mol. The second kappa shape index (κ2) is 11.4. The monoisotopic (exact) mass is 494 g/mol. The number of nitrogens with zero attached hydrogens (tertiary/aromatic N) is 2. The number of piperidine rings is 1. The molecule has 1 aliphatic heterocycles. The van der Waals surface area contributed by atoms with Crippen LogP contribution in [0.2, 0.25) is 0 Å². The molecule has 0 spiro atoms. The average molecular weight is 495 g/mol. The highest BCUT2D eigenvalue weighted by atomic mass is 32.2. The number of carbonyl (C=O) groups excluding carboxylic acids is 1. The minimum absolute atomic E-state index is 0.0991. The van der Waals surface area contributed by atoms with E-state index in [4.69, 9.17) is 4.74 Å². The molecule has 0 unspecified atom stereocenters. The summed E-state index contributed by atoms with van der Waals surface area (Å²) in [5.41, 5.74) is 1.40. The van der Waals surface area contributed by atoms with Crippen LogP contribution in [0.25, 0.3) is 6.08 Å². The van der Waals surface area contributed by atoms with E-state index in [1.54, 1.807) is 19.2 Å². The van der Waals surface area contributed by atoms with Crippen LogP contribution in [-0.4, -0.2) is 57.4 Å². The molecule has 2 aromatic rings. The molecule has 34 heavy (non-hydrogen) atoms. The quantitative estimate of drug-likeness (QED) is 0.527. The van der Waals surface area contributed by atoms with E-state index >= 15 is 0 Å². The van der Waals surface area contributed by atoms with Crippen molar-refractivity contribution in [1.82, 2.24) is 9.21 Å². The summed E-state index contributed by atoms with van der Waals surface area (Å²) in [6.45, 7) is -2.30. The third-order valence-corrected chi connectivity index (χ3v) is 7.20. The number of hydrogen-bond acceptors (Lipinski definition) is 5. The minimum atomic E-state index is -3.58. The Balaban J connectivity index is 1.57. The number of rotatable bonds is 9. The number of hydrogen-bond donors (Lipinski definition) is 0. The maximum Gasteiger partial charge on any atom is 0.387 e. The van der Waals surface area contributed by atoms with E-state index in [1.165, 1.54) is 33.9 Å². The summed E-state index contributed by atoms with van der Waals surface area (Å²) in [4.78, 5) is 14.4. The van der Waals surface area contributed by atoms with Gasteiger partial charge in [-0.15, -0.1) is 0 Å². The number of carbonyl (C=O) groups is 1. The van der Waals surface area contributed by atoms with Crippen LogP contribution >= 0.6 is 0 Å². The zero-order chi connectivity index (χ0) is 24.7. The van der Waals surface area contributed by atoms with Crippen molar-refractivity contribution < 1.29 is 31.5 Å². The first-order valence-electron chi connectivity index (χ1n) is 10.8. The first-order chi connectivity index (χ1) is 16.2. The molecule has 0 saturated carbocycles. The predicted octanol–water partition coefficient (Wildman–Crippen LogP) is 3.97. The van der Waals surface area contributed by atoms with Crippen LogP contribution in [-0.2, 0) is 21.4 Å². The van der Waals surface area contributed by atoms with Gasteiger partial charge in [-0.25, -0.2) is 8.42 Å². The second-order valence-corrected chi connectivity index (χ2v) is 9.81. The van der Waals surface area contributed by atoms with Crippen LogP contribution in [0, 0.1) is 5.92 Å². The van der Waals surface area contributed by atoms with E-state index in [0.717, 1.165) is 5.56 Å². The predicted molar refractivity (Wildman–Crippen MR) is 125 cm³/mol. The smallest absolute Gasteiger partial charge is 0.387 e. The van der Waals surface area contributed by atoms with Crippen LogP contribution in [0.15, 0.2) is 53.9 Å². The Morgan fingerprint density at radius 1 is 1.15 bits per heavy atom. The molecule has 2 aromatic carbocycles. The van der Waals surface area contributed by atoms with Crippen LogP contribution in [0.3, 0.4) is 0 Å². The van der Waals surface area contributed by atoms with E-state index in [1.807, 2.05) is 30.3 Å². The van der Waals surface area contributed by atoms with Gasteiger partial charge in [-0.05, 0) is 42.2 Å². The summed E-state index contributed by atoms with van der Waals surface area (Å²) in [5.74, 6) is -0.362. The lowest BCUT2D eigenvalue weighted by Gasteiger charge is -2.32. The van der Waals surface area contributed by atoms with Gasteiger partial charge < -0.3 is 14.4 Å². The lowest BCUT2D eigenvalue weighted by molar-refractivity contribution is -0.135. The van der Waals surface area contributed by atoms with Gasteiger partial charge in [0.2, 0.25) is 15.9 Å². The highest BCUT2D eigenvalue weighted by Gasteiger charge is 2.31. The minimum Gasteiger partial charge on any atom is -0.493 e. The van der Waals surface area contributed by atoms with Crippen molar-refractivity contribution in [3.63, 3.8) is 0 Å². The third-order valence-electron chi connectivity index (χ3n) is 5.64. The van der Waals surface area contributed by atoms with E-state index < -0.39 is 16.6 Å². The Bertz CT molecular complexity index is 1100. The number of amides is 1. The molecule has 7 nitrogen and oxygen atoms in total. The fraction of sp³-hybridized carbons (Fsp3) is 0.375. The topological polar surface area (TPSA) is 76.2 Å². The molecule has 0 radical (unpaired) electrons. The fourth-order valence-electron chi connectivity index (χ4n) is 3.84. The summed E-state index contributed by atoms with van der Waals surface area (Å²) in [7, 11) is -0.595. The van der Waals surface area contributed by atoms with Crippen molar-refractivity contribution in [2.45, 2.75) is 26.0 Å². The fourth-order valence-corrected chi connectivity index (χ4v) is 5.06. The first kappa shape index (κ1) is 25.6. The molecule has 1 fully saturated rings. The van der Waals surface area contributed by atoms with Gasteiger partial charge in [0.1, 0.15) is 0 Å². The zero-order valence-corrected chi connectivity index (χ0v) is 19.9. The lowest BCUT2D eigenvalue weighted by Crippen LogP contribution is -2.42. The molecule has 0 aromatic heterocycles. The molecular formula is C24H28F2N2O5S. The maximum absolute atomic E-state index is 12.9. The van der Waals surface area contributed by atoms with Gasteiger partial charge in [0, 0.05) is 38.0 Å². The van der Waals surface area contributed by atoms with Gasteiger partial charge in [-0.2, -0.15) is 13.1 Å². The molecule has 3 rings (SSSR count). The molecule has 0 atom stereocenters. The SMILES string of the molecule is COc1ccc(CN(C)C(=O)C2CCN(S(=O)(=O)/C=C/c3ccccc3)CC2)cc1OC(F)F. The number of methoxy groups -OCH3 is 1. The van der Waals surface area contributed by atoms with E-state index in [-0.39, 0.29) is 43.0 Å². The van der Waals surface area contributed by atoms with Crippen LogP contribution in [0.4, 0.5) is 8.78 Å². The molecule has 10 heteroatoms. The molecule has 0 bridgehead atoms. The molecule has 0 N–H and O–H groups in total. The van der Waals surface area contributed by atoms with Crippen molar-refractivity contribution >= 4 is 22.0 Å². The third kappa shape index (κ3) is 6.77. The van der Waals surface area contributed by atoms with E-state index in [9.17, 15) is 22.0 Å². The average Bonchev–Trinajstić information content (AvgIpc) is 2.83. The summed E-state index contributed by atoms with van der Waals surface area (Å²) < 4.78 is 61.5. The van der Waals surface area contributed by atoms with Crippen LogP contribution in [0.5, 0.6) is 11.5 Å². The molecule has 1 saturated heterocycles. The zero-order valence-electron chi connectivity index (χ0n) is 19.1. The summed E-state index contributed by atoms with van der Waals surface area (Å²) >= 11 is 0. The maximum atomic E-state index is 12.9. The van der Waals surface area contributed by atoms with E-state index in [0.29, 0.717) is 18.4 Å². The standard InChI is InChI=1S/C24H28F2N2O5S/c1-27(17-19-8-9-21(32-2)22(16-19)33-24(25)26)23(29)20-10-13-28(14-11-20)34(30,31)15-12-18-6-4-3-5-7-18/h3-9,12,15-16,20,24H,10-11,13-14,17H2,1-2H3/b15-12+. The Hall–Kier alpha value is -2.98. The molecule has 1 amide bonds. The van der Waals surface area contributed by atoms with Gasteiger partial charge in [-0.1, -0.05) is 36.4 Å². The van der Waals surface area contributed by atoms with Gasteiger partial charge >= 0.3 is 6.61 Å². The normalized spacial score (nSPS) is 15.6. The number of halogens is 2.